The number of benzene rings is 1. The average molecular weight is 304 g/mol. The van der Waals surface area contributed by atoms with Gasteiger partial charge in [-0.2, -0.15) is 0 Å². The molecule has 3 aromatic rings. The van der Waals surface area contributed by atoms with E-state index in [1.165, 1.54) is 11.1 Å². The largest absolute Gasteiger partial charge is 0.339 e. The van der Waals surface area contributed by atoms with E-state index in [0.29, 0.717) is 5.69 Å². The first-order valence-electron chi connectivity index (χ1n) is 7.78. The smallest absolute Gasteiger partial charge is 0.178 e. The Morgan fingerprint density at radius 1 is 1.09 bits per heavy atom. The van der Waals surface area contributed by atoms with Crippen molar-refractivity contribution in [2.24, 2.45) is 0 Å². The number of aromatic nitrogens is 2. The predicted molar refractivity (Wildman–Crippen MR) is 92.7 cm³/mol. The van der Waals surface area contributed by atoms with Crippen molar-refractivity contribution in [1.82, 2.24) is 9.55 Å². The number of aryl methyl sites for hydroxylation is 1. The van der Waals surface area contributed by atoms with Gasteiger partial charge in [0.25, 0.3) is 0 Å². The van der Waals surface area contributed by atoms with E-state index in [9.17, 15) is 4.79 Å². The summed E-state index contributed by atoms with van der Waals surface area (Å²) in [6.45, 7) is 5.79. The molecule has 0 saturated carbocycles. The molecule has 0 aliphatic heterocycles. The van der Waals surface area contributed by atoms with Crippen LogP contribution in [0.25, 0.3) is 11.4 Å². The summed E-state index contributed by atoms with van der Waals surface area (Å²) in [5.41, 5.74) is 4.78. The van der Waals surface area contributed by atoms with Crippen LogP contribution in [0.3, 0.4) is 0 Å². The van der Waals surface area contributed by atoms with Crippen LogP contribution in [0.2, 0.25) is 0 Å². The number of hydrogen-bond donors (Lipinski definition) is 0. The minimum Gasteiger partial charge on any atom is -0.339 e. The summed E-state index contributed by atoms with van der Waals surface area (Å²) >= 11 is 0. The van der Waals surface area contributed by atoms with Crippen LogP contribution >= 0.6 is 0 Å². The first-order valence-corrected chi connectivity index (χ1v) is 7.78. The lowest BCUT2D eigenvalue weighted by Gasteiger charge is -2.18. The van der Waals surface area contributed by atoms with Crippen LogP contribution < -0.4 is 0 Å². The van der Waals surface area contributed by atoms with Crippen molar-refractivity contribution >= 4 is 5.78 Å². The molecule has 1 aromatic carbocycles. The normalized spacial score (nSPS) is 12.1. The SMILES string of the molecule is CC(=O)c1cccc(-c2cc(C)cn2C(C)c2ccccc2)n1. The number of ketones is 1. The maximum absolute atomic E-state index is 11.6. The Kier molecular flexibility index (Phi) is 4.11. The molecule has 3 rings (SSSR count). The second-order valence-electron chi connectivity index (χ2n) is 5.86. The molecule has 2 heterocycles. The van der Waals surface area contributed by atoms with Crippen molar-refractivity contribution in [2.45, 2.75) is 26.8 Å². The van der Waals surface area contributed by atoms with Crippen LogP contribution in [0.4, 0.5) is 0 Å². The fourth-order valence-corrected chi connectivity index (χ4v) is 2.81. The molecule has 3 heteroatoms. The van der Waals surface area contributed by atoms with E-state index in [2.05, 4.69) is 59.9 Å². The van der Waals surface area contributed by atoms with Gasteiger partial charge in [-0.3, -0.25) is 4.79 Å². The first-order chi connectivity index (χ1) is 11.1. The first kappa shape index (κ1) is 15.2. The lowest BCUT2D eigenvalue weighted by atomic mass is 10.1. The Morgan fingerprint density at radius 3 is 2.52 bits per heavy atom. The van der Waals surface area contributed by atoms with Crippen LogP contribution in [0.1, 0.15) is 41.5 Å². The zero-order valence-electron chi connectivity index (χ0n) is 13.7. The topological polar surface area (TPSA) is 34.9 Å². The number of carbonyl (C=O) groups excluding carboxylic acids is 1. The molecular formula is C20H20N2O. The molecule has 0 aliphatic carbocycles. The molecule has 0 fully saturated rings. The summed E-state index contributed by atoms with van der Waals surface area (Å²) in [6.07, 6.45) is 2.13. The Morgan fingerprint density at radius 2 is 1.83 bits per heavy atom. The Labute approximate surface area is 136 Å². The molecule has 1 atom stereocenters. The number of pyridine rings is 1. The minimum absolute atomic E-state index is 0.0159. The molecule has 0 spiro atoms. The molecule has 1 unspecified atom stereocenters. The molecule has 0 N–H and O–H groups in total. The minimum atomic E-state index is -0.0159. The van der Waals surface area contributed by atoms with Gasteiger partial charge in [-0.1, -0.05) is 36.4 Å². The zero-order chi connectivity index (χ0) is 16.4. The van der Waals surface area contributed by atoms with E-state index < -0.39 is 0 Å². The van der Waals surface area contributed by atoms with Crippen molar-refractivity contribution in [3.8, 4) is 11.4 Å². The summed E-state index contributed by atoms with van der Waals surface area (Å²) < 4.78 is 2.22. The Bertz CT molecular complexity index is 834. The van der Waals surface area contributed by atoms with Crippen LogP contribution in [0.15, 0.2) is 60.8 Å². The van der Waals surface area contributed by atoms with E-state index in [1.807, 2.05) is 18.2 Å². The summed E-state index contributed by atoms with van der Waals surface area (Å²) in [4.78, 5) is 16.1. The van der Waals surface area contributed by atoms with Crippen molar-refractivity contribution in [3.63, 3.8) is 0 Å². The molecule has 0 aliphatic rings. The summed E-state index contributed by atoms with van der Waals surface area (Å²) in [5.74, 6) is -0.0159. The molecule has 0 bridgehead atoms. The number of Topliss-reactive ketones (excluding diaryl/α,β-unsaturated/α-hetero) is 1. The molecular weight excluding hydrogens is 284 g/mol. The third kappa shape index (κ3) is 3.09. The van der Waals surface area contributed by atoms with Crippen molar-refractivity contribution in [3.05, 3.63) is 77.6 Å². The van der Waals surface area contributed by atoms with E-state index in [1.54, 1.807) is 13.0 Å². The van der Waals surface area contributed by atoms with Gasteiger partial charge in [0, 0.05) is 13.1 Å². The van der Waals surface area contributed by atoms with Crippen molar-refractivity contribution in [1.29, 1.82) is 0 Å². The molecule has 116 valence electrons. The van der Waals surface area contributed by atoms with E-state index >= 15 is 0 Å². The lowest BCUT2D eigenvalue weighted by molar-refractivity contribution is 0.101. The van der Waals surface area contributed by atoms with Gasteiger partial charge in [-0.25, -0.2) is 4.98 Å². The quantitative estimate of drug-likeness (QED) is 0.656. The summed E-state index contributed by atoms with van der Waals surface area (Å²) in [6, 6.07) is 18.3. The maximum atomic E-state index is 11.6. The van der Waals surface area contributed by atoms with Crippen LogP contribution in [0.5, 0.6) is 0 Å². The summed E-state index contributed by atoms with van der Waals surface area (Å²) in [5, 5.41) is 0. The molecule has 2 aromatic heterocycles. The molecule has 0 amide bonds. The number of carbonyl (C=O) groups is 1. The van der Waals surface area contributed by atoms with E-state index in [4.69, 9.17) is 0 Å². The van der Waals surface area contributed by atoms with Gasteiger partial charge in [-0.15, -0.1) is 0 Å². The standard InChI is InChI=1S/C20H20N2O/c1-14-12-20(19-11-7-10-18(21-19)16(3)23)22(13-14)15(2)17-8-5-4-6-9-17/h4-13,15H,1-3H3. The Balaban J connectivity index is 2.08. The second kappa shape index (κ2) is 6.21. The predicted octanol–water partition coefficient (Wildman–Crippen LogP) is 4.67. The van der Waals surface area contributed by atoms with Gasteiger partial charge in [0.05, 0.1) is 17.4 Å². The molecule has 23 heavy (non-hydrogen) atoms. The fourth-order valence-electron chi connectivity index (χ4n) is 2.81. The molecule has 3 nitrogen and oxygen atoms in total. The van der Waals surface area contributed by atoms with Crippen molar-refractivity contribution < 1.29 is 4.79 Å². The number of rotatable bonds is 4. The number of hydrogen-bond acceptors (Lipinski definition) is 2. The highest BCUT2D eigenvalue weighted by Crippen LogP contribution is 2.28. The zero-order valence-corrected chi connectivity index (χ0v) is 13.7. The second-order valence-corrected chi connectivity index (χ2v) is 5.86. The highest BCUT2D eigenvalue weighted by atomic mass is 16.1. The summed E-state index contributed by atoms with van der Waals surface area (Å²) in [7, 11) is 0. The van der Waals surface area contributed by atoms with Gasteiger partial charge < -0.3 is 4.57 Å². The fraction of sp³-hybridized carbons (Fsp3) is 0.200. The van der Waals surface area contributed by atoms with E-state index in [-0.39, 0.29) is 11.8 Å². The highest BCUT2D eigenvalue weighted by Gasteiger charge is 2.15. The number of nitrogens with zero attached hydrogens (tertiary/aromatic N) is 2. The Hall–Kier alpha value is -2.68. The van der Waals surface area contributed by atoms with E-state index in [0.717, 1.165) is 11.4 Å². The van der Waals surface area contributed by atoms with Crippen molar-refractivity contribution in [2.75, 3.05) is 0 Å². The third-order valence-corrected chi connectivity index (χ3v) is 4.06. The highest BCUT2D eigenvalue weighted by molar-refractivity contribution is 5.92. The lowest BCUT2D eigenvalue weighted by Crippen LogP contribution is -2.08. The average Bonchev–Trinajstić information content (AvgIpc) is 2.97. The van der Waals surface area contributed by atoms with Gasteiger partial charge >= 0.3 is 0 Å². The maximum Gasteiger partial charge on any atom is 0.178 e. The van der Waals surface area contributed by atoms with Crippen LogP contribution in [-0.4, -0.2) is 15.3 Å². The van der Waals surface area contributed by atoms with Gasteiger partial charge in [0.1, 0.15) is 5.69 Å². The van der Waals surface area contributed by atoms with Crippen LogP contribution in [-0.2, 0) is 0 Å². The van der Waals surface area contributed by atoms with Gasteiger partial charge in [-0.05, 0) is 43.2 Å². The van der Waals surface area contributed by atoms with Crippen LogP contribution in [0, 0.1) is 6.92 Å². The van der Waals surface area contributed by atoms with Gasteiger partial charge in [0.15, 0.2) is 5.78 Å². The van der Waals surface area contributed by atoms with Gasteiger partial charge in [0.2, 0.25) is 0 Å². The monoisotopic (exact) mass is 304 g/mol. The molecule has 0 saturated heterocycles. The third-order valence-electron chi connectivity index (χ3n) is 4.06. The molecule has 0 radical (unpaired) electrons.